The second kappa shape index (κ2) is 5.17. The molecule has 1 unspecified atom stereocenters. The Labute approximate surface area is 119 Å². The third kappa shape index (κ3) is 3.01. The lowest BCUT2D eigenvalue weighted by molar-refractivity contribution is 0.570. The third-order valence-electron chi connectivity index (χ3n) is 3.57. The molecular formula is C12H21N5O2S. The van der Waals surface area contributed by atoms with Crippen LogP contribution in [0.3, 0.4) is 0 Å². The Hall–Kier alpha value is -1.41. The predicted molar refractivity (Wildman–Crippen MR) is 79.3 cm³/mol. The summed E-state index contributed by atoms with van der Waals surface area (Å²) in [6, 6.07) is 0. The van der Waals surface area contributed by atoms with Crippen LogP contribution in [0.25, 0.3) is 0 Å². The number of hydrogen-bond acceptors (Lipinski definition) is 7. The zero-order valence-electron chi connectivity index (χ0n) is 12.0. The van der Waals surface area contributed by atoms with Crippen molar-refractivity contribution in [1.82, 2.24) is 9.97 Å². The summed E-state index contributed by atoms with van der Waals surface area (Å²) in [5.74, 6) is 7.66. The highest BCUT2D eigenvalue weighted by molar-refractivity contribution is 7.91. The van der Waals surface area contributed by atoms with E-state index in [0.29, 0.717) is 30.3 Å². The standard InChI is InChI=1S/C12H21N5O2S/c1-4-9-14-10(8(2)11(15-9)17-13)16-12(3)5-6-20(18,19)7-12/h4-7,13H2,1-3H3,(H2,14,15,16,17). The van der Waals surface area contributed by atoms with E-state index in [4.69, 9.17) is 5.84 Å². The van der Waals surface area contributed by atoms with Crippen LogP contribution in [0.5, 0.6) is 0 Å². The molecule has 0 amide bonds. The molecule has 8 heteroatoms. The number of nitrogen functional groups attached to an aromatic ring is 1. The molecule has 4 N–H and O–H groups in total. The van der Waals surface area contributed by atoms with E-state index in [2.05, 4.69) is 20.7 Å². The van der Waals surface area contributed by atoms with E-state index in [1.807, 2.05) is 20.8 Å². The molecule has 0 saturated carbocycles. The molecule has 1 aliphatic rings. The van der Waals surface area contributed by atoms with Crippen molar-refractivity contribution in [2.24, 2.45) is 5.84 Å². The lowest BCUT2D eigenvalue weighted by Crippen LogP contribution is -2.36. The highest BCUT2D eigenvalue weighted by atomic mass is 32.2. The fraction of sp³-hybridized carbons (Fsp3) is 0.667. The van der Waals surface area contributed by atoms with Crippen LogP contribution in [0.2, 0.25) is 0 Å². The van der Waals surface area contributed by atoms with Gasteiger partial charge in [0.1, 0.15) is 17.5 Å². The van der Waals surface area contributed by atoms with Crippen molar-refractivity contribution in [2.75, 3.05) is 22.2 Å². The summed E-state index contributed by atoms with van der Waals surface area (Å²) >= 11 is 0. The Bertz CT molecular complexity index is 617. The molecule has 0 radical (unpaired) electrons. The number of aromatic nitrogens is 2. The van der Waals surface area contributed by atoms with Crippen LogP contribution in [-0.2, 0) is 16.3 Å². The number of hydrogen-bond donors (Lipinski definition) is 3. The van der Waals surface area contributed by atoms with Gasteiger partial charge in [0.2, 0.25) is 0 Å². The first-order valence-electron chi connectivity index (χ1n) is 6.61. The quantitative estimate of drug-likeness (QED) is 0.552. The zero-order chi connectivity index (χ0) is 15.0. The van der Waals surface area contributed by atoms with Gasteiger partial charge in [-0.25, -0.2) is 24.2 Å². The number of nitrogens with two attached hydrogens (primary N) is 1. The topological polar surface area (TPSA) is 110 Å². The minimum absolute atomic E-state index is 0.121. The number of nitrogens with zero attached hydrogens (tertiary/aromatic N) is 2. The van der Waals surface area contributed by atoms with Crippen LogP contribution in [0.15, 0.2) is 0 Å². The molecule has 1 fully saturated rings. The minimum Gasteiger partial charge on any atom is -0.363 e. The van der Waals surface area contributed by atoms with Crippen LogP contribution >= 0.6 is 0 Å². The number of sulfone groups is 1. The highest BCUT2D eigenvalue weighted by Crippen LogP contribution is 2.29. The van der Waals surface area contributed by atoms with E-state index in [1.54, 1.807) is 0 Å². The predicted octanol–water partition coefficient (Wildman–Crippen LogP) is 0.622. The van der Waals surface area contributed by atoms with Crippen molar-refractivity contribution in [1.29, 1.82) is 0 Å². The van der Waals surface area contributed by atoms with Crippen molar-refractivity contribution in [2.45, 2.75) is 39.2 Å². The monoisotopic (exact) mass is 299 g/mol. The van der Waals surface area contributed by atoms with Gasteiger partial charge < -0.3 is 10.7 Å². The summed E-state index contributed by atoms with van der Waals surface area (Å²) in [7, 11) is -2.96. The van der Waals surface area contributed by atoms with Gasteiger partial charge in [-0.3, -0.25) is 0 Å². The maximum Gasteiger partial charge on any atom is 0.152 e. The minimum atomic E-state index is -2.96. The van der Waals surface area contributed by atoms with Gasteiger partial charge in [-0.15, -0.1) is 0 Å². The summed E-state index contributed by atoms with van der Waals surface area (Å²) in [5, 5.41) is 3.26. The van der Waals surface area contributed by atoms with Gasteiger partial charge in [-0.1, -0.05) is 6.92 Å². The van der Waals surface area contributed by atoms with Crippen LogP contribution in [0.4, 0.5) is 11.6 Å². The van der Waals surface area contributed by atoms with Crippen LogP contribution < -0.4 is 16.6 Å². The molecule has 1 aliphatic heterocycles. The van der Waals surface area contributed by atoms with Gasteiger partial charge in [0.05, 0.1) is 17.0 Å². The number of aryl methyl sites for hydroxylation is 1. The van der Waals surface area contributed by atoms with Crippen molar-refractivity contribution in [3.63, 3.8) is 0 Å². The number of rotatable bonds is 4. The Morgan fingerprint density at radius 3 is 2.50 bits per heavy atom. The lowest BCUT2D eigenvalue weighted by Gasteiger charge is -2.26. The molecular weight excluding hydrogens is 278 g/mol. The molecule has 1 saturated heterocycles. The van der Waals surface area contributed by atoms with E-state index < -0.39 is 15.4 Å². The SMILES string of the molecule is CCc1nc(NN)c(C)c(NC2(C)CCS(=O)(=O)C2)n1. The van der Waals surface area contributed by atoms with Gasteiger partial charge in [0.15, 0.2) is 9.84 Å². The summed E-state index contributed by atoms with van der Waals surface area (Å²) in [6.07, 6.45) is 1.25. The third-order valence-corrected chi connectivity index (χ3v) is 5.47. The fourth-order valence-corrected chi connectivity index (χ4v) is 4.47. The summed E-state index contributed by atoms with van der Waals surface area (Å²) < 4.78 is 23.3. The molecule has 20 heavy (non-hydrogen) atoms. The van der Waals surface area contributed by atoms with Crippen molar-refractivity contribution in [3.05, 3.63) is 11.4 Å². The molecule has 112 valence electrons. The Balaban J connectivity index is 2.34. The molecule has 2 heterocycles. The maximum absolute atomic E-state index is 11.7. The molecule has 7 nitrogen and oxygen atoms in total. The number of hydrazine groups is 1. The Morgan fingerprint density at radius 1 is 1.35 bits per heavy atom. The number of nitrogens with one attached hydrogen (secondary N) is 2. The first kappa shape index (κ1) is 15.0. The normalized spacial score (nSPS) is 24.6. The summed E-state index contributed by atoms with van der Waals surface area (Å²) in [6.45, 7) is 5.71. The van der Waals surface area contributed by atoms with Crippen LogP contribution in [0, 0.1) is 6.92 Å². The maximum atomic E-state index is 11.7. The summed E-state index contributed by atoms with van der Waals surface area (Å²) in [4.78, 5) is 8.73. The van der Waals surface area contributed by atoms with E-state index in [0.717, 1.165) is 5.56 Å². The Morgan fingerprint density at radius 2 is 2.00 bits per heavy atom. The van der Waals surface area contributed by atoms with Gasteiger partial charge in [0, 0.05) is 12.0 Å². The molecule has 0 aliphatic carbocycles. The Kier molecular flexibility index (Phi) is 3.88. The first-order chi connectivity index (χ1) is 9.28. The molecule has 1 aromatic heterocycles. The molecule has 1 aromatic rings. The van der Waals surface area contributed by atoms with Gasteiger partial charge >= 0.3 is 0 Å². The van der Waals surface area contributed by atoms with E-state index in [-0.39, 0.29) is 11.5 Å². The smallest absolute Gasteiger partial charge is 0.152 e. The molecule has 0 bridgehead atoms. The number of anilines is 2. The molecule has 1 atom stereocenters. The zero-order valence-corrected chi connectivity index (χ0v) is 12.8. The highest BCUT2D eigenvalue weighted by Gasteiger charge is 2.39. The second-order valence-electron chi connectivity index (χ2n) is 5.49. The van der Waals surface area contributed by atoms with Gasteiger partial charge in [-0.05, 0) is 20.3 Å². The van der Waals surface area contributed by atoms with Gasteiger partial charge in [0.25, 0.3) is 0 Å². The summed E-state index contributed by atoms with van der Waals surface area (Å²) in [5.41, 5.74) is 2.85. The van der Waals surface area contributed by atoms with Crippen molar-refractivity contribution >= 4 is 21.5 Å². The fourth-order valence-electron chi connectivity index (χ4n) is 2.38. The average Bonchev–Trinajstić information content (AvgIpc) is 2.66. The van der Waals surface area contributed by atoms with Crippen LogP contribution in [0.1, 0.15) is 31.7 Å². The second-order valence-corrected chi connectivity index (χ2v) is 7.67. The van der Waals surface area contributed by atoms with Crippen molar-refractivity contribution in [3.8, 4) is 0 Å². The van der Waals surface area contributed by atoms with E-state index in [9.17, 15) is 8.42 Å². The van der Waals surface area contributed by atoms with Crippen LogP contribution in [-0.4, -0.2) is 35.4 Å². The van der Waals surface area contributed by atoms with Crippen molar-refractivity contribution < 1.29 is 8.42 Å². The largest absolute Gasteiger partial charge is 0.363 e. The molecule has 0 aromatic carbocycles. The first-order valence-corrected chi connectivity index (χ1v) is 8.43. The van der Waals surface area contributed by atoms with Gasteiger partial charge in [-0.2, -0.15) is 0 Å². The lowest BCUT2D eigenvalue weighted by atomic mass is 10.0. The molecule has 2 rings (SSSR count). The molecule has 0 spiro atoms. The van der Waals surface area contributed by atoms with E-state index in [1.165, 1.54) is 0 Å². The van der Waals surface area contributed by atoms with E-state index >= 15 is 0 Å². The average molecular weight is 299 g/mol.